The van der Waals surface area contributed by atoms with E-state index in [-0.39, 0.29) is 12.5 Å². The van der Waals surface area contributed by atoms with Crippen LogP contribution in [0, 0.1) is 11.3 Å². The van der Waals surface area contributed by atoms with Gasteiger partial charge in [-0.15, -0.1) is 0 Å². The van der Waals surface area contributed by atoms with Crippen molar-refractivity contribution in [2.45, 2.75) is 19.8 Å². The summed E-state index contributed by atoms with van der Waals surface area (Å²) in [5.41, 5.74) is 1.18. The van der Waals surface area contributed by atoms with Crippen LogP contribution in [-0.4, -0.2) is 31.0 Å². The zero-order valence-corrected chi connectivity index (χ0v) is 10.8. The molecule has 0 spiro atoms. The SMILES string of the molecule is CCc1cccc(OCC(=O)N(C)CCC#N)c1. The van der Waals surface area contributed by atoms with Crippen LogP contribution in [0.15, 0.2) is 24.3 Å². The molecule has 0 bridgehead atoms. The van der Waals surface area contributed by atoms with E-state index in [1.165, 1.54) is 10.5 Å². The van der Waals surface area contributed by atoms with E-state index >= 15 is 0 Å². The van der Waals surface area contributed by atoms with Crippen LogP contribution in [0.4, 0.5) is 0 Å². The molecule has 0 aromatic heterocycles. The number of likely N-dealkylation sites (N-methyl/N-ethyl adjacent to an activating group) is 1. The van der Waals surface area contributed by atoms with Gasteiger partial charge in [0.1, 0.15) is 5.75 Å². The normalized spacial score (nSPS) is 9.61. The summed E-state index contributed by atoms with van der Waals surface area (Å²) >= 11 is 0. The Morgan fingerprint density at radius 3 is 2.94 bits per heavy atom. The van der Waals surface area contributed by atoms with Crippen LogP contribution >= 0.6 is 0 Å². The molecule has 0 N–H and O–H groups in total. The largest absolute Gasteiger partial charge is 0.484 e. The predicted molar refractivity (Wildman–Crippen MR) is 69.2 cm³/mol. The third kappa shape index (κ3) is 4.46. The van der Waals surface area contributed by atoms with Crippen LogP contribution in [-0.2, 0) is 11.2 Å². The summed E-state index contributed by atoms with van der Waals surface area (Å²) in [6.45, 7) is 2.52. The van der Waals surface area contributed by atoms with Crippen molar-refractivity contribution in [1.29, 1.82) is 5.26 Å². The molecular formula is C14H18N2O2. The lowest BCUT2D eigenvalue weighted by atomic mass is 10.2. The summed E-state index contributed by atoms with van der Waals surface area (Å²) in [5, 5.41) is 8.44. The molecular weight excluding hydrogens is 228 g/mol. The number of hydrogen-bond acceptors (Lipinski definition) is 3. The maximum Gasteiger partial charge on any atom is 0.260 e. The zero-order chi connectivity index (χ0) is 13.4. The van der Waals surface area contributed by atoms with Crippen LogP contribution in [0.1, 0.15) is 18.9 Å². The number of carbonyl (C=O) groups excluding carboxylic acids is 1. The molecule has 1 rings (SSSR count). The summed E-state index contributed by atoms with van der Waals surface area (Å²) in [7, 11) is 1.67. The third-order valence-electron chi connectivity index (χ3n) is 2.65. The van der Waals surface area contributed by atoms with Crippen molar-refractivity contribution < 1.29 is 9.53 Å². The van der Waals surface area contributed by atoms with Crippen molar-refractivity contribution in [3.8, 4) is 11.8 Å². The maximum absolute atomic E-state index is 11.7. The molecule has 4 heteroatoms. The van der Waals surface area contributed by atoms with E-state index in [4.69, 9.17) is 10.00 Å². The number of rotatable bonds is 6. The number of nitriles is 1. The molecule has 0 fully saturated rings. The second-order valence-electron chi connectivity index (χ2n) is 4.01. The molecule has 0 aliphatic heterocycles. The van der Waals surface area contributed by atoms with Crippen molar-refractivity contribution >= 4 is 5.91 Å². The first-order valence-electron chi connectivity index (χ1n) is 6.00. The average Bonchev–Trinajstić information content (AvgIpc) is 2.42. The highest BCUT2D eigenvalue weighted by molar-refractivity contribution is 5.77. The van der Waals surface area contributed by atoms with Crippen molar-refractivity contribution in [2.75, 3.05) is 20.2 Å². The van der Waals surface area contributed by atoms with Crippen LogP contribution in [0.3, 0.4) is 0 Å². The lowest BCUT2D eigenvalue weighted by molar-refractivity contribution is -0.131. The first kappa shape index (κ1) is 14.0. The Hall–Kier alpha value is -2.02. The minimum absolute atomic E-state index is 0.00902. The van der Waals surface area contributed by atoms with Gasteiger partial charge in [-0.25, -0.2) is 0 Å². The van der Waals surface area contributed by atoms with Gasteiger partial charge in [-0.3, -0.25) is 4.79 Å². The van der Waals surface area contributed by atoms with Crippen molar-refractivity contribution in [2.24, 2.45) is 0 Å². The Morgan fingerprint density at radius 1 is 1.50 bits per heavy atom. The molecule has 1 aromatic carbocycles. The molecule has 0 atom stereocenters. The molecule has 0 heterocycles. The minimum Gasteiger partial charge on any atom is -0.484 e. The number of hydrogen-bond donors (Lipinski definition) is 0. The molecule has 4 nitrogen and oxygen atoms in total. The molecule has 0 aliphatic rings. The highest BCUT2D eigenvalue weighted by Gasteiger charge is 2.08. The van der Waals surface area contributed by atoms with Gasteiger partial charge in [0.15, 0.2) is 6.61 Å². The minimum atomic E-state index is -0.118. The average molecular weight is 246 g/mol. The van der Waals surface area contributed by atoms with Gasteiger partial charge < -0.3 is 9.64 Å². The monoisotopic (exact) mass is 246 g/mol. The highest BCUT2D eigenvalue weighted by atomic mass is 16.5. The molecule has 0 unspecified atom stereocenters. The fourth-order valence-corrected chi connectivity index (χ4v) is 1.45. The Balaban J connectivity index is 2.44. The van der Waals surface area contributed by atoms with Gasteiger partial charge in [0, 0.05) is 13.6 Å². The topological polar surface area (TPSA) is 53.3 Å². The smallest absolute Gasteiger partial charge is 0.260 e. The molecule has 0 aliphatic carbocycles. The second kappa shape index (κ2) is 7.33. The van der Waals surface area contributed by atoms with E-state index in [0.717, 1.165) is 6.42 Å². The Kier molecular flexibility index (Phi) is 5.72. The molecule has 1 amide bonds. The van der Waals surface area contributed by atoms with Crippen molar-refractivity contribution in [3.05, 3.63) is 29.8 Å². The molecule has 1 aromatic rings. The molecule has 0 saturated heterocycles. The Morgan fingerprint density at radius 2 is 2.28 bits per heavy atom. The van der Waals surface area contributed by atoms with Gasteiger partial charge in [-0.1, -0.05) is 19.1 Å². The van der Waals surface area contributed by atoms with E-state index in [2.05, 4.69) is 6.92 Å². The number of ether oxygens (including phenoxy) is 1. The molecule has 18 heavy (non-hydrogen) atoms. The number of benzene rings is 1. The maximum atomic E-state index is 11.7. The van der Waals surface area contributed by atoms with Gasteiger partial charge in [-0.2, -0.15) is 5.26 Å². The Bertz CT molecular complexity index is 438. The van der Waals surface area contributed by atoms with Gasteiger partial charge >= 0.3 is 0 Å². The highest BCUT2D eigenvalue weighted by Crippen LogP contribution is 2.13. The first-order chi connectivity index (χ1) is 8.67. The van der Waals surface area contributed by atoms with Gasteiger partial charge in [0.2, 0.25) is 0 Å². The third-order valence-corrected chi connectivity index (χ3v) is 2.65. The van der Waals surface area contributed by atoms with Gasteiger partial charge in [0.25, 0.3) is 5.91 Å². The molecule has 0 saturated carbocycles. The lowest BCUT2D eigenvalue weighted by Crippen LogP contribution is -2.32. The number of carbonyl (C=O) groups is 1. The second-order valence-corrected chi connectivity index (χ2v) is 4.01. The van der Waals surface area contributed by atoms with E-state index < -0.39 is 0 Å². The number of amides is 1. The quantitative estimate of drug-likeness (QED) is 0.771. The number of aryl methyl sites for hydroxylation is 1. The predicted octanol–water partition coefficient (Wildman–Crippen LogP) is 2.00. The Labute approximate surface area is 108 Å². The van der Waals surface area contributed by atoms with Gasteiger partial charge in [0.05, 0.1) is 12.5 Å². The van der Waals surface area contributed by atoms with E-state index in [0.29, 0.717) is 18.7 Å². The fraction of sp³-hybridized carbons (Fsp3) is 0.429. The van der Waals surface area contributed by atoms with E-state index in [1.807, 2.05) is 30.3 Å². The first-order valence-corrected chi connectivity index (χ1v) is 6.00. The summed E-state index contributed by atoms with van der Waals surface area (Å²) in [4.78, 5) is 13.2. The standard InChI is InChI=1S/C14H18N2O2/c1-3-12-6-4-7-13(10-12)18-11-14(17)16(2)9-5-8-15/h4,6-7,10H,3,5,9,11H2,1-2H3. The van der Waals surface area contributed by atoms with Crippen LogP contribution in [0.2, 0.25) is 0 Å². The summed E-state index contributed by atoms with van der Waals surface area (Å²) < 4.78 is 5.44. The lowest BCUT2D eigenvalue weighted by Gasteiger charge is -2.15. The van der Waals surface area contributed by atoms with Crippen LogP contribution < -0.4 is 4.74 Å². The van der Waals surface area contributed by atoms with Crippen molar-refractivity contribution in [3.63, 3.8) is 0 Å². The molecule has 0 radical (unpaired) electrons. The van der Waals surface area contributed by atoms with E-state index in [1.54, 1.807) is 7.05 Å². The summed E-state index contributed by atoms with van der Waals surface area (Å²) in [6, 6.07) is 9.71. The van der Waals surface area contributed by atoms with E-state index in [9.17, 15) is 4.79 Å². The van der Waals surface area contributed by atoms with Gasteiger partial charge in [-0.05, 0) is 24.1 Å². The summed E-state index contributed by atoms with van der Waals surface area (Å²) in [6.07, 6.45) is 1.28. The van der Waals surface area contributed by atoms with Crippen molar-refractivity contribution in [1.82, 2.24) is 4.90 Å². The zero-order valence-electron chi connectivity index (χ0n) is 10.8. The molecule has 96 valence electrons. The summed E-state index contributed by atoms with van der Waals surface area (Å²) in [5.74, 6) is 0.587. The fourth-order valence-electron chi connectivity index (χ4n) is 1.45. The number of nitrogens with zero attached hydrogens (tertiary/aromatic N) is 2. The van der Waals surface area contributed by atoms with Crippen LogP contribution in [0.5, 0.6) is 5.75 Å². The van der Waals surface area contributed by atoms with Crippen LogP contribution in [0.25, 0.3) is 0 Å².